The Bertz CT molecular complexity index is 498. The highest BCUT2D eigenvalue weighted by Gasteiger charge is 2.14. The van der Waals surface area contributed by atoms with Crippen LogP contribution in [0, 0.1) is 0 Å². The Morgan fingerprint density at radius 1 is 0.579 bits per heavy atom. The molecule has 0 nitrogen and oxygen atoms in total. The smallest absolute Gasteiger partial charge is 0.00643 e. The summed E-state index contributed by atoms with van der Waals surface area (Å²) in [6.07, 6.45) is 6.20. The number of hydrogen-bond donors (Lipinski definition) is 0. The molecule has 0 aliphatic heterocycles. The van der Waals surface area contributed by atoms with Gasteiger partial charge in [-0.25, -0.2) is 0 Å². The highest BCUT2D eigenvalue weighted by atomic mass is 14.2. The summed E-state index contributed by atoms with van der Waals surface area (Å²) in [5.74, 6) is 0. The maximum absolute atomic E-state index is 2.24. The molecule has 96 valence electrons. The third kappa shape index (κ3) is 3.14. The quantitative estimate of drug-likeness (QED) is 0.671. The lowest BCUT2D eigenvalue weighted by atomic mass is 9.97. The monoisotopic (exact) mass is 248 g/mol. The second kappa shape index (κ2) is 5.88. The Morgan fingerprint density at radius 2 is 1.00 bits per heavy atom. The lowest BCUT2D eigenvalue weighted by Gasteiger charge is -2.08. The average molecular weight is 248 g/mol. The molecule has 0 heterocycles. The van der Waals surface area contributed by atoms with E-state index < -0.39 is 0 Å². The van der Waals surface area contributed by atoms with Crippen LogP contribution in [-0.4, -0.2) is 0 Å². The van der Waals surface area contributed by atoms with Gasteiger partial charge in [0.15, 0.2) is 0 Å². The molecule has 0 N–H and O–H groups in total. The molecule has 0 atom stereocenters. The van der Waals surface area contributed by atoms with Crippen molar-refractivity contribution in [1.29, 1.82) is 0 Å². The van der Waals surface area contributed by atoms with Crippen molar-refractivity contribution in [3.63, 3.8) is 0 Å². The van der Waals surface area contributed by atoms with Gasteiger partial charge in [-0.3, -0.25) is 0 Å². The molecular formula is C19H20. The molecule has 0 saturated carbocycles. The molecule has 0 saturated heterocycles. The van der Waals surface area contributed by atoms with E-state index in [4.69, 9.17) is 0 Å². The zero-order valence-electron chi connectivity index (χ0n) is 11.3. The summed E-state index contributed by atoms with van der Waals surface area (Å²) < 4.78 is 0. The highest BCUT2D eigenvalue weighted by molar-refractivity contribution is 5.32. The molecule has 1 aliphatic carbocycles. The zero-order chi connectivity index (χ0) is 12.9. The molecular weight excluding hydrogens is 228 g/mol. The normalized spacial score (nSPS) is 14.9. The molecule has 0 unspecified atom stereocenters. The fourth-order valence-corrected chi connectivity index (χ4v) is 2.98. The van der Waals surface area contributed by atoms with Crippen LogP contribution in [0.3, 0.4) is 0 Å². The van der Waals surface area contributed by atoms with E-state index in [1.807, 2.05) is 0 Å². The summed E-state index contributed by atoms with van der Waals surface area (Å²) >= 11 is 0. The van der Waals surface area contributed by atoms with Crippen LogP contribution in [0.2, 0.25) is 0 Å². The van der Waals surface area contributed by atoms with Gasteiger partial charge in [-0.1, -0.05) is 71.8 Å². The van der Waals surface area contributed by atoms with Gasteiger partial charge in [0, 0.05) is 0 Å². The van der Waals surface area contributed by atoms with Gasteiger partial charge in [0.25, 0.3) is 0 Å². The van der Waals surface area contributed by atoms with E-state index in [1.165, 1.54) is 30.4 Å². The Kier molecular flexibility index (Phi) is 3.78. The van der Waals surface area contributed by atoms with Crippen molar-refractivity contribution in [2.45, 2.75) is 32.1 Å². The number of rotatable bonds is 4. The largest absolute Gasteiger partial charge is 0.0663 e. The van der Waals surface area contributed by atoms with E-state index >= 15 is 0 Å². The van der Waals surface area contributed by atoms with Crippen LogP contribution in [0.25, 0.3) is 0 Å². The number of allylic oxidation sites excluding steroid dienone is 2. The Balaban J connectivity index is 1.77. The summed E-state index contributed by atoms with van der Waals surface area (Å²) in [6, 6.07) is 21.7. The minimum absolute atomic E-state index is 1.14. The summed E-state index contributed by atoms with van der Waals surface area (Å²) in [7, 11) is 0. The number of benzene rings is 2. The van der Waals surface area contributed by atoms with E-state index in [9.17, 15) is 0 Å². The van der Waals surface area contributed by atoms with Crippen LogP contribution in [0.15, 0.2) is 71.8 Å². The standard InChI is InChI=1S/C19H20/c1-3-8-16(9-4-1)14-18-12-7-13-19(18)15-17-10-5-2-6-11-17/h1-6,8-11H,7,12-15H2. The predicted octanol–water partition coefficient (Wildman–Crippen LogP) is 4.95. The van der Waals surface area contributed by atoms with Gasteiger partial charge < -0.3 is 0 Å². The third-order valence-corrected chi connectivity index (χ3v) is 3.98. The first-order valence-electron chi connectivity index (χ1n) is 7.19. The summed E-state index contributed by atoms with van der Waals surface area (Å²) in [6.45, 7) is 0. The minimum Gasteiger partial charge on any atom is -0.0663 e. The van der Waals surface area contributed by atoms with Crippen molar-refractivity contribution in [2.75, 3.05) is 0 Å². The molecule has 2 aromatic rings. The summed E-state index contributed by atoms with van der Waals surface area (Å²) in [5.41, 5.74) is 6.25. The SMILES string of the molecule is c1ccc(CC2=C(Cc3ccccc3)CCC2)cc1. The van der Waals surface area contributed by atoms with Gasteiger partial charge in [0.1, 0.15) is 0 Å². The molecule has 0 heteroatoms. The van der Waals surface area contributed by atoms with Gasteiger partial charge in [-0.05, 0) is 43.2 Å². The van der Waals surface area contributed by atoms with Crippen molar-refractivity contribution in [2.24, 2.45) is 0 Å². The Morgan fingerprint density at radius 3 is 1.42 bits per heavy atom. The summed E-state index contributed by atoms with van der Waals surface area (Å²) in [4.78, 5) is 0. The molecule has 0 bridgehead atoms. The first-order valence-corrected chi connectivity index (χ1v) is 7.19. The van der Waals surface area contributed by atoms with E-state index in [2.05, 4.69) is 60.7 Å². The van der Waals surface area contributed by atoms with Crippen LogP contribution in [0.5, 0.6) is 0 Å². The van der Waals surface area contributed by atoms with Gasteiger partial charge in [-0.2, -0.15) is 0 Å². The zero-order valence-corrected chi connectivity index (χ0v) is 11.3. The Labute approximate surface area is 115 Å². The van der Waals surface area contributed by atoms with Crippen molar-refractivity contribution >= 4 is 0 Å². The fourth-order valence-electron chi connectivity index (χ4n) is 2.98. The van der Waals surface area contributed by atoms with Crippen molar-refractivity contribution in [3.8, 4) is 0 Å². The second-order valence-electron chi connectivity index (χ2n) is 5.39. The lowest BCUT2D eigenvalue weighted by Crippen LogP contribution is -1.94. The predicted molar refractivity (Wildman–Crippen MR) is 81.2 cm³/mol. The van der Waals surface area contributed by atoms with E-state index in [0.717, 1.165) is 12.8 Å². The first-order chi connectivity index (χ1) is 9.42. The topological polar surface area (TPSA) is 0 Å². The second-order valence-corrected chi connectivity index (χ2v) is 5.39. The highest BCUT2D eigenvalue weighted by Crippen LogP contribution is 2.31. The molecule has 0 radical (unpaired) electrons. The summed E-state index contributed by atoms with van der Waals surface area (Å²) in [5, 5.41) is 0. The minimum atomic E-state index is 1.14. The van der Waals surface area contributed by atoms with E-state index in [0.29, 0.717) is 0 Å². The average Bonchev–Trinajstić information content (AvgIpc) is 2.88. The van der Waals surface area contributed by atoms with Crippen molar-refractivity contribution < 1.29 is 0 Å². The van der Waals surface area contributed by atoms with Crippen LogP contribution in [0.4, 0.5) is 0 Å². The Hall–Kier alpha value is -1.82. The van der Waals surface area contributed by atoms with Gasteiger partial charge in [-0.15, -0.1) is 0 Å². The molecule has 3 rings (SSSR count). The molecule has 19 heavy (non-hydrogen) atoms. The molecule has 2 aromatic carbocycles. The maximum Gasteiger partial charge on any atom is -0.00643 e. The molecule has 0 amide bonds. The fraction of sp³-hybridized carbons (Fsp3) is 0.263. The van der Waals surface area contributed by atoms with E-state index in [-0.39, 0.29) is 0 Å². The van der Waals surface area contributed by atoms with Gasteiger partial charge in [0.2, 0.25) is 0 Å². The van der Waals surface area contributed by atoms with Crippen molar-refractivity contribution in [1.82, 2.24) is 0 Å². The number of hydrogen-bond acceptors (Lipinski definition) is 0. The lowest BCUT2D eigenvalue weighted by molar-refractivity contribution is 0.872. The first kappa shape index (κ1) is 12.2. The third-order valence-electron chi connectivity index (χ3n) is 3.98. The van der Waals surface area contributed by atoms with Crippen LogP contribution >= 0.6 is 0 Å². The van der Waals surface area contributed by atoms with Crippen molar-refractivity contribution in [3.05, 3.63) is 82.9 Å². The van der Waals surface area contributed by atoms with Crippen LogP contribution in [0.1, 0.15) is 30.4 Å². The maximum atomic E-state index is 2.24. The van der Waals surface area contributed by atoms with Gasteiger partial charge >= 0.3 is 0 Å². The van der Waals surface area contributed by atoms with Crippen LogP contribution in [-0.2, 0) is 12.8 Å². The molecule has 0 aromatic heterocycles. The van der Waals surface area contributed by atoms with Crippen LogP contribution < -0.4 is 0 Å². The molecule has 0 spiro atoms. The van der Waals surface area contributed by atoms with Gasteiger partial charge in [0.05, 0.1) is 0 Å². The molecule has 0 fully saturated rings. The molecule has 1 aliphatic rings. The van der Waals surface area contributed by atoms with E-state index in [1.54, 1.807) is 11.1 Å².